The Labute approximate surface area is 232 Å². The molecule has 0 bridgehead atoms. The van der Waals surface area contributed by atoms with Gasteiger partial charge in [-0.3, -0.25) is 14.2 Å². The second-order valence-electron chi connectivity index (χ2n) is 8.84. The number of hydrogen-bond acceptors (Lipinski definition) is 5. The predicted octanol–water partition coefficient (Wildman–Crippen LogP) is 6.59. The van der Waals surface area contributed by atoms with E-state index in [-0.39, 0.29) is 17.2 Å². The highest BCUT2D eigenvalue weighted by atomic mass is 35.5. The summed E-state index contributed by atoms with van der Waals surface area (Å²) >= 11 is 7.23. The molecule has 6 aromatic rings. The van der Waals surface area contributed by atoms with Crippen LogP contribution in [0.3, 0.4) is 0 Å². The van der Waals surface area contributed by atoms with Crippen molar-refractivity contribution >= 4 is 67.9 Å². The van der Waals surface area contributed by atoms with Gasteiger partial charge in [0.05, 0.1) is 28.6 Å². The summed E-state index contributed by atoms with van der Waals surface area (Å²) in [5.74, 6) is -0.294. The summed E-state index contributed by atoms with van der Waals surface area (Å²) in [5.41, 5.74) is 4.53. The third kappa shape index (κ3) is 5.02. The van der Waals surface area contributed by atoms with Crippen LogP contribution in [0.2, 0.25) is 5.02 Å². The van der Waals surface area contributed by atoms with Gasteiger partial charge in [0.25, 0.3) is 11.5 Å². The Morgan fingerprint density at radius 1 is 0.872 bits per heavy atom. The standard InChI is InChI=1S/C31H21ClN4O2S/c32-22-13-15-23(16-14-22)36-30(38)26-11-5-6-12-28(26)34-31(36)39-19-29(37)35-33-18-27-24-9-3-1-7-20(24)17-21-8-2-4-10-25(21)27/h1-18H,19H2,(H,35,37). The Morgan fingerprint density at radius 2 is 1.49 bits per heavy atom. The molecule has 0 fully saturated rings. The lowest BCUT2D eigenvalue weighted by atomic mass is 9.97. The maximum Gasteiger partial charge on any atom is 0.266 e. The Kier molecular flexibility index (Phi) is 6.84. The van der Waals surface area contributed by atoms with Crippen molar-refractivity contribution in [2.24, 2.45) is 5.10 Å². The van der Waals surface area contributed by atoms with Crippen molar-refractivity contribution in [3.8, 4) is 5.69 Å². The molecular weight excluding hydrogens is 528 g/mol. The van der Waals surface area contributed by atoms with E-state index < -0.39 is 0 Å². The summed E-state index contributed by atoms with van der Waals surface area (Å²) in [6.45, 7) is 0. The SMILES string of the molecule is O=C(CSc1nc2ccccc2c(=O)n1-c1ccc(Cl)cc1)NN=Cc1c2ccccc2cc2ccccc12. The number of amides is 1. The monoisotopic (exact) mass is 548 g/mol. The first-order valence-corrected chi connectivity index (χ1v) is 13.6. The number of para-hydroxylation sites is 1. The largest absolute Gasteiger partial charge is 0.272 e. The zero-order valence-corrected chi connectivity index (χ0v) is 22.1. The van der Waals surface area contributed by atoms with Crippen molar-refractivity contribution in [2.75, 3.05) is 5.75 Å². The van der Waals surface area contributed by atoms with E-state index in [4.69, 9.17) is 11.6 Å². The van der Waals surface area contributed by atoms with Crippen LogP contribution in [0.1, 0.15) is 5.56 Å². The number of nitrogens with zero attached hydrogens (tertiary/aromatic N) is 3. The molecule has 0 atom stereocenters. The Morgan fingerprint density at radius 3 is 2.18 bits per heavy atom. The van der Waals surface area contributed by atoms with Gasteiger partial charge < -0.3 is 0 Å². The Bertz CT molecular complexity index is 1900. The number of carbonyl (C=O) groups is 1. The van der Waals surface area contributed by atoms with Crippen LogP contribution >= 0.6 is 23.4 Å². The molecular formula is C31H21ClN4O2S. The first-order chi connectivity index (χ1) is 19.1. The molecule has 0 saturated carbocycles. The van der Waals surface area contributed by atoms with E-state index in [1.165, 1.54) is 16.3 Å². The number of halogens is 1. The van der Waals surface area contributed by atoms with Gasteiger partial charge in [-0.05, 0) is 64.0 Å². The third-order valence-electron chi connectivity index (χ3n) is 6.36. The van der Waals surface area contributed by atoms with Crippen LogP contribution in [0.5, 0.6) is 0 Å². The second-order valence-corrected chi connectivity index (χ2v) is 10.2. The number of hydrogen-bond donors (Lipinski definition) is 1. The fourth-order valence-corrected chi connectivity index (χ4v) is 5.48. The van der Waals surface area contributed by atoms with Gasteiger partial charge in [0.1, 0.15) is 0 Å². The summed E-state index contributed by atoms with van der Waals surface area (Å²) in [6.07, 6.45) is 1.69. The maximum atomic E-state index is 13.4. The first kappa shape index (κ1) is 24.9. The summed E-state index contributed by atoms with van der Waals surface area (Å²) in [4.78, 5) is 30.8. The molecule has 39 heavy (non-hydrogen) atoms. The maximum absolute atomic E-state index is 13.4. The van der Waals surface area contributed by atoms with Crippen molar-refractivity contribution in [3.63, 3.8) is 0 Å². The number of aromatic nitrogens is 2. The predicted molar refractivity (Wildman–Crippen MR) is 160 cm³/mol. The van der Waals surface area contributed by atoms with E-state index in [1.54, 1.807) is 48.7 Å². The van der Waals surface area contributed by atoms with E-state index in [0.29, 0.717) is 26.8 Å². The van der Waals surface area contributed by atoms with Crippen LogP contribution in [0, 0.1) is 0 Å². The van der Waals surface area contributed by atoms with Crippen molar-refractivity contribution in [1.82, 2.24) is 15.0 Å². The molecule has 0 aliphatic heterocycles. The zero-order chi connectivity index (χ0) is 26.8. The fourth-order valence-electron chi connectivity index (χ4n) is 4.55. The molecule has 6 nitrogen and oxygen atoms in total. The highest BCUT2D eigenvalue weighted by Crippen LogP contribution is 2.27. The van der Waals surface area contributed by atoms with E-state index in [9.17, 15) is 9.59 Å². The lowest BCUT2D eigenvalue weighted by Gasteiger charge is -2.13. The highest BCUT2D eigenvalue weighted by Gasteiger charge is 2.15. The topological polar surface area (TPSA) is 76.3 Å². The molecule has 0 aliphatic carbocycles. The third-order valence-corrected chi connectivity index (χ3v) is 7.55. The van der Waals surface area contributed by atoms with Gasteiger partial charge in [0.15, 0.2) is 5.16 Å². The normalized spacial score (nSPS) is 11.5. The smallest absolute Gasteiger partial charge is 0.266 e. The number of hydrazone groups is 1. The lowest BCUT2D eigenvalue weighted by Crippen LogP contribution is -2.24. The van der Waals surface area contributed by atoms with Crippen molar-refractivity contribution < 1.29 is 4.79 Å². The van der Waals surface area contributed by atoms with Crippen LogP contribution in [-0.4, -0.2) is 27.4 Å². The molecule has 1 heterocycles. The van der Waals surface area contributed by atoms with Crippen molar-refractivity contribution in [2.45, 2.75) is 5.16 Å². The molecule has 5 aromatic carbocycles. The van der Waals surface area contributed by atoms with Crippen LogP contribution in [0.25, 0.3) is 38.1 Å². The number of thioether (sulfide) groups is 1. The van der Waals surface area contributed by atoms with Gasteiger partial charge >= 0.3 is 0 Å². The first-order valence-electron chi connectivity index (χ1n) is 12.2. The molecule has 8 heteroatoms. The van der Waals surface area contributed by atoms with E-state index in [1.807, 2.05) is 42.5 Å². The van der Waals surface area contributed by atoms with Gasteiger partial charge in [-0.25, -0.2) is 10.4 Å². The zero-order valence-electron chi connectivity index (χ0n) is 20.5. The van der Waals surface area contributed by atoms with Crippen LogP contribution in [0.15, 0.2) is 118 Å². The van der Waals surface area contributed by atoms with Crippen LogP contribution in [-0.2, 0) is 4.79 Å². The number of carbonyl (C=O) groups excluding carboxylic acids is 1. The number of nitrogens with one attached hydrogen (secondary N) is 1. The van der Waals surface area contributed by atoms with Crippen LogP contribution < -0.4 is 11.0 Å². The second kappa shape index (κ2) is 10.7. The molecule has 1 N–H and O–H groups in total. The van der Waals surface area contributed by atoms with Gasteiger partial charge in [-0.15, -0.1) is 0 Å². The minimum atomic E-state index is -0.314. The van der Waals surface area contributed by atoms with Gasteiger partial charge in [-0.2, -0.15) is 5.10 Å². The average Bonchev–Trinajstić information content (AvgIpc) is 2.96. The Hall–Kier alpha value is -4.46. The van der Waals surface area contributed by atoms with Crippen molar-refractivity contribution in [1.29, 1.82) is 0 Å². The van der Waals surface area contributed by atoms with Gasteiger partial charge in [-0.1, -0.05) is 84.0 Å². The molecule has 0 spiro atoms. The molecule has 0 unspecified atom stereocenters. The number of fused-ring (bicyclic) bond motifs is 3. The van der Waals surface area contributed by atoms with E-state index in [0.717, 1.165) is 27.1 Å². The summed E-state index contributed by atoms with van der Waals surface area (Å²) in [5, 5.41) is 10.0. The highest BCUT2D eigenvalue weighted by molar-refractivity contribution is 7.99. The van der Waals surface area contributed by atoms with Gasteiger partial charge in [0, 0.05) is 10.6 Å². The molecule has 190 valence electrons. The molecule has 1 aromatic heterocycles. The molecule has 6 rings (SSSR count). The quantitative estimate of drug-likeness (QED) is 0.0837. The summed E-state index contributed by atoms with van der Waals surface area (Å²) in [7, 11) is 0. The minimum Gasteiger partial charge on any atom is -0.272 e. The minimum absolute atomic E-state index is 0.0198. The van der Waals surface area contributed by atoms with E-state index in [2.05, 4.69) is 33.7 Å². The lowest BCUT2D eigenvalue weighted by molar-refractivity contribution is -0.118. The van der Waals surface area contributed by atoms with Crippen molar-refractivity contribution in [3.05, 3.63) is 124 Å². The number of benzene rings is 5. The molecule has 0 saturated heterocycles. The molecule has 0 radical (unpaired) electrons. The summed E-state index contributed by atoms with van der Waals surface area (Å²) in [6, 6.07) is 32.4. The molecule has 0 aliphatic rings. The van der Waals surface area contributed by atoms with Crippen LogP contribution in [0.4, 0.5) is 0 Å². The number of rotatable bonds is 6. The molecule has 1 amide bonds. The van der Waals surface area contributed by atoms with E-state index >= 15 is 0 Å². The Balaban J connectivity index is 1.26. The average molecular weight is 549 g/mol. The summed E-state index contributed by atoms with van der Waals surface area (Å²) < 4.78 is 1.50. The van der Waals surface area contributed by atoms with Gasteiger partial charge in [0.2, 0.25) is 0 Å². The fraction of sp³-hybridized carbons (Fsp3) is 0.0323.